The van der Waals surface area contributed by atoms with E-state index >= 15 is 0 Å². The lowest BCUT2D eigenvalue weighted by Gasteiger charge is -2.20. The van der Waals surface area contributed by atoms with E-state index in [2.05, 4.69) is 151 Å². The molecule has 1 atom stereocenters. The van der Waals surface area contributed by atoms with E-state index in [0.29, 0.717) is 5.92 Å². The Balaban J connectivity index is 1.25. The third-order valence-corrected chi connectivity index (χ3v) is 8.74. The van der Waals surface area contributed by atoms with Crippen LogP contribution in [0, 0.1) is 0 Å². The zero-order chi connectivity index (χ0) is 26.8. The lowest BCUT2D eigenvalue weighted by atomic mass is 9.93. The number of para-hydroxylation sites is 2. The Hall–Kier alpha value is -4.82. The van der Waals surface area contributed by atoms with Crippen LogP contribution in [0.15, 0.2) is 121 Å². The van der Waals surface area contributed by atoms with Crippen molar-refractivity contribution in [1.29, 1.82) is 0 Å². The molecule has 2 heterocycles. The van der Waals surface area contributed by atoms with E-state index in [1.165, 1.54) is 71.9 Å². The molecule has 1 aliphatic carbocycles. The Bertz CT molecular complexity index is 2120. The van der Waals surface area contributed by atoms with E-state index in [1.54, 1.807) is 0 Å². The summed E-state index contributed by atoms with van der Waals surface area (Å²) in [6.45, 7) is 2.35. The number of aromatic nitrogens is 2. The summed E-state index contributed by atoms with van der Waals surface area (Å²) in [7, 11) is 2.15. The van der Waals surface area contributed by atoms with Gasteiger partial charge in [-0.3, -0.25) is 0 Å². The molecule has 8 rings (SSSR count). The summed E-state index contributed by atoms with van der Waals surface area (Å²) >= 11 is 0. The van der Waals surface area contributed by atoms with E-state index in [9.17, 15) is 0 Å². The first-order valence-corrected chi connectivity index (χ1v) is 14.2. The van der Waals surface area contributed by atoms with Crippen molar-refractivity contribution in [1.82, 2.24) is 9.13 Å². The molecule has 0 aliphatic heterocycles. The SMILES string of the molecule is CC1CC=Cc2c1n(-c1cccc(-c3cccc(-c4ccc5c(c4)c4ccccc4n5C)c3)c1)c1ccccc21. The number of fused-ring (bicyclic) bond motifs is 6. The summed E-state index contributed by atoms with van der Waals surface area (Å²) in [5.41, 5.74) is 12.8. The Kier molecular flexibility index (Phi) is 5.12. The lowest BCUT2D eigenvalue weighted by molar-refractivity contribution is 0.723. The van der Waals surface area contributed by atoms with Gasteiger partial charge >= 0.3 is 0 Å². The number of allylic oxidation sites excluding steroid dienone is 1. The normalized spacial score (nSPS) is 14.8. The second-order valence-corrected chi connectivity index (χ2v) is 11.1. The molecule has 0 N–H and O–H groups in total. The fourth-order valence-electron chi connectivity index (χ4n) is 6.78. The number of hydrogen-bond donors (Lipinski definition) is 0. The molecule has 7 aromatic rings. The highest BCUT2D eigenvalue weighted by molar-refractivity contribution is 6.09. The highest BCUT2D eigenvalue weighted by Crippen LogP contribution is 2.40. The molecule has 40 heavy (non-hydrogen) atoms. The van der Waals surface area contributed by atoms with Gasteiger partial charge in [0.1, 0.15) is 0 Å². The van der Waals surface area contributed by atoms with Gasteiger partial charge in [0.25, 0.3) is 0 Å². The summed E-state index contributed by atoms with van der Waals surface area (Å²) < 4.78 is 4.78. The van der Waals surface area contributed by atoms with Crippen LogP contribution in [0.2, 0.25) is 0 Å². The second-order valence-electron chi connectivity index (χ2n) is 11.1. The van der Waals surface area contributed by atoms with Gasteiger partial charge in [-0.1, -0.05) is 91.9 Å². The van der Waals surface area contributed by atoms with Crippen LogP contribution in [0.3, 0.4) is 0 Å². The van der Waals surface area contributed by atoms with Gasteiger partial charge in [0.05, 0.1) is 5.52 Å². The minimum Gasteiger partial charge on any atom is -0.344 e. The molecule has 0 saturated heterocycles. The van der Waals surface area contributed by atoms with Crippen molar-refractivity contribution in [2.24, 2.45) is 7.05 Å². The van der Waals surface area contributed by atoms with Crippen LogP contribution in [-0.2, 0) is 7.05 Å². The quantitative estimate of drug-likeness (QED) is 0.222. The van der Waals surface area contributed by atoms with Gasteiger partial charge in [0.15, 0.2) is 0 Å². The molecule has 5 aromatic carbocycles. The Morgan fingerprint density at radius 3 is 2.05 bits per heavy atom. The number of nitrogens with zero attached hydrogens (tertiary/aromatic N) is 2. The summed E-state index contributed by atoms with van der Waals surface area (Å²) in [6.07, 6.45) is 5.71. The minimum absolute atomic E-state index is 0.475. The van der Waals surface area contributed by atoms with Crippen molar-refractivity contribution in [3.63, 3.8) is 0 Å². The maximum Gasteiger partial charge on any atom is 0.0537 e. The maximum absolute atomic E-state index is 2.49. The highest BCUT2D eigenvalue weighted by Gasteiger charge is 2.23. The molecule has 2 nitrogen and oxygen atoms in total. The fourth-order valence-corrected chi connectivity index (χ4v) is 6.78. The molecule has 0 spiro atoms. The third kappa shape index (κ3) is 3.42. The second kappa shape index (κ2) is 8.86. The van der Waals surface area contributed by atoms with Crippen LogP contribution in [0.4, 0.5) is 0 Å². The van der Waals surface area contributed by atoms with Crippen LogP contribution in [0.5, 0.6) is 0 Å². The van der Waals surface area contributed by atoms with E-state index in [-0.39, 0.29) is 0 Å². The molecule has 0 fully saturated rings. The first-order chi connectivity index (χ1) is 19.7. The lowest BCUT2D eigenvalue weighted by Crippen LogP contribution is -2.07. The van der Waals surface area contributed by atoms with E-state index in [4.69, 9.17) is 0 Å². The van der Waals surface area contributed by atoms with Crippen molar-refractivity contribution in [2.45, 2.75) is 19.3 Å². The van der Waals surface area contributed by atoms with Gasteiger partial charge in [-0.15, -0.1) is 0 Å². The smallest absolute Gasteiger partial charge is 0.0537 e. The van der Waals surface area contributed by atoms with Crippen molar-refractivity contribution in [3.05, 3.63) is 133 Å². The molecule has 0 amide bonds. The minimum atomic E-state index is 0.475. The van der Waals surface area contributed by atoms with Gasteiger partial charge in [-0.25, -0.2) is 0 Å². The predicted octanol–water partition coefficient (Wildman–Crippen LogP) is 10.1. The van der Waals surface area contributed by atoms with Gasteiger partial charge in [0.2, 0.25) is 0 Å². The molecule has 192 valence electrons. The van der Waals surface area contributed by atoms with E-state index in [0.717, 1.165) is 6.42 Å². The van der Waals surface area contributed by atoms with Crippen LogP contribution in [-0.4, -0.2) is 9.13 Å². The summed E-state index contributed by atoms with van der Waals surface area (Å²) in [6, 6.07) is 42.3. The van der Waals surface area contributed by atoms with Crippen molar-refractivity contribution >= 4 is 38.8 Å². The van der Waals surface area contributed by atoms with Gasteiger partial charge in [-0.05, 0) is 71.1 Å². The standard InChI is InChI=1S/C38H30N2/c1-25-10-7-17-33-31-15-4-6-19-37(31)40(38(25)33)30-14-9-13-28(23-30)26-11-8-12-27(22-26)29-20-21-36-34(24-29)32-16-3-5-18-35(32)39(36)2/h3-9,11-25H,10H2,1-2H3. The summed E-state index contributed by atoms with van der Waals surface area (Å²) in [5, 5.41) is 3.93. The van der Waals surface area contributed by atoms with Crippen LogP contribution in [0.1, 0.15) is 30.5 Å². The molecule has 1 aliphatic rings. The van der Waals surface area contributed by atoms with Gasteiger partial charge in [-0.2, -0.15) is 0 Å². The monoisotopic (exact) mass is 514 g/mol. The number of aryl methyl sites for hydroxylation is 1. The molecule has 0 radical (unpaired) electrons. The van der Waals surface area contributed by atoms with E-state index < -0.39 is 0 Å². The molecular weight excluding hydrogens is 484 g/mol. The van der Waals surface area contributed by atoms with Crippen LogP contribution in [0.25, 0.3) is 66.7 Å². The number of benzene rings is 5. The van der Waals surface area contributed by atoms with Crippen molar-refractivity contribution in [2.75, 3.05) is 0 Å². The molecule has 0 saturated carbocycles. The van der Waals surface area contributed by atoms with Crippen LogP contribution < -0.4 is 0 Å². The molecule has 0 bridgehead atoms. The Morgan fingerprint density at radius 2 is 1.23 bits per heavy atom. The first-order valence-electron chi connectivity index (χ1n) is 14.2. The summed E-state index contributed by atoms with van der Waals surface area (Å²) in [4.78, 5) is 0. The number of hydrogen-bond acceptors (Lipinski definition) is 0. The van der Waals surface area contributed by atoms with E-state index in [1.807, 2.05) is 0 Å². The zero-order valence-electron chi connectivity index (χ0n) is 22.8. The van der Waals surface area contributed by atoms with Crippen molar-refractivity contribution in [3.8, 4) is 27.9 Å². The predicted molar refractivity (Wildman–Crippen MR) is 170 cm³/mol. The third-order valence-electron chi connectivity index (χ3n) is 8.74. The molecule has 2 aromatic heterocycles. The topological polar surface area (TPSA) is 9.86 Å². The first kappa shape index (κ1) is 23.1. The zero-order valence-corrected chi connectivity index (χ0v) is 22.8. The van der Waals surface area contributed by atoms with Gasteiger partial charge in [0, 0.05) is 57.1 Å². The Morgan fingerprint density at radius 1 is 0.575 bits per heavy atom. The van der Waals surface area contributed by atoms with Crippen molar-refractivity contribution < 1.29 is 0 Å². The van der Waals surface area contributed by atoms with Gasteiger partial charge < -0.3 is 9.13 Å². The maximum atomic E-state index is 2.49. The average Bonchev–Trinajstić information content (AvgIpc) is 3.50. The molecular formula is C38H30N2. The largest absolute Gasteiger partial charge is 0.344 e. The fraction of sp³-hybridized carbons (Fsp3) is 0.105. The summed E-state index contributed by atoms with van der Waals surface area (Å²) in [5.74, 6) is 0.475. The average molecular weight is 515 g/mol. The Labute approximate surface area is 234 Å². The van der Waals surface area contributed by atoms with Crippen LogP contribution >= 0.6 is 0 Å². The number of rotatable bonds is 3. The molecule has 1 unspecified atom stereocenters. The highest BCUT2D eigenvalue weighted by atomic mass is 15.0. The molecule has 2 heteroatoms.